The molecule has 5 heteroatoms. The van der Waals surface area contributed by atoms with E-state index in [0.29, 0.717) is 5.22 Å². The van der Waals surface area contributed by atoms with Crippen molar-refractivity contribution < 1.29 is 4.42 Å². The molecule has 2 N–H and O–H groups in total. The molecule has 1 heterocycles. The molecule has 108 valence electrons. The molecule has 0 fully saturated rings. The summed E-state index contributed by atoms with van der Waals surface area (Å²) in [5.41, 5.74) is 8.28. The van der Waals surface area contributed by atoms with E-state index in [-0.39, 0.29) is 11.3 Å². The van der Waals surface area contributed by atoms with Crippen molar-refractivity contribution in [2.45, 2.75) is 43.7 Å². The quantitative estimate of drug-likeness (QED) is 0.825. The van der Waals surface area contributed by atoms with Gasteiger partial charge in [0.1, 0.15) is 5.76 Å². The van der Waals surface area contributed by atoms with Crippen LogP contribution in [-0.2, 0) is 0 Å². The van der Waals surface area contributed by atoms with Crippen molar-refractivity contribution in [3.63, 3.8) is 0 Å². The van der Waals surface area contributed by atoms with Gasteiger partial charge in [0.05, 0.1) is 10.9 Å². The van der Waals surface area contributed by atoms with Crippen molar-refractivity contribution in [3.05, 3.63) is 46.3 Å². The van der Waals surface area contributed by atoms with Gasteiger partial charge in [-0.2, -0.15) is 0 Å². The Hall–Kier alpha value is -0.970. The van der Waals surface area contributed by atoms with Gasteiger partial charge in [0.15, 0.2) is 0 Å². The van der Waals surface area contributed by atoms with Gasteiger partial charge in [-0.3, -0.25) is 0 Å². The topological polar surface area (TPSA) is 52.0 Å². The highest BCUT2D eigenvalue weighted by Gasteiger charge is 2.23. The Morgan fingerprint density at radius 3 is 2.70 bits per heavy atom. The zero-order chi connectivity index (χ0) is 14.7. The van der Waals surface area contributed by atoms with E-state index in [2.05, 4.69) is 11.9 Å². The van der Waals surface area contributed by atoms with Crippen LogP contribution in [0, 0.1) is 13.8 Å². The number of hydrogen-bond donors (Lipinski definition) is 1. The smallest absolute Gasteiger partial charge is 0.256 e. The van der Waals surface area contributed by atoms with Crippen LogP contribution in [0.3, 0.4) is 0 Å². The van der Waals surface area contributed by atoms with Crippen molar-refractivity contribution in [1.29, 1.82) is 0 Å². The van der Waals surface area contributed by atoms with Crippen LogP contribution < -0.4 is 5.73 Å². The SMILES string of the molecule is CCC(N)C(Sc1nc(C)c(C)o1)c1cccc(Cl)c1. The van der Waals surface area contributed by atoms with Gasteiger partial charge in [0.2, 0.25) is 0 Å². The van der Waals surface area contributed by atoms with E-state index < -0.39 is 0 Å². The largest absolute Gasteiger partial charge is 0.437 e. The van der Waals surface area contributed by atoms with Crippen LogP contribution in [0.15, 0.2) is 33.9 Å². The third kappa shape index (κ3) is 3.57. The fourth-order valence-corrected chi connectivity index (χ4v) is 3.33. The second kappa shape index (κ2) is 6.66. The molecule has 0 aliphatic heterocycles. The molecular formula is C15H19ClN2OS. The Balaban J connectivity index is 2.28. The summed E-state index contributed by atoms with van der Waals surface area (Å²) in [5.74, 6) is 0.849. The summed E-state index contributed by atoms with van der Waals surface area (Å²) in [6, 6.07) is 7.83. The molecule has 0 saturated heterocycles. The van der Waals surface area contributed by atoms with E-state index in [1.165, 1.54) is 0 Å². The van der Waals surface area contributed by atoms with Crippen LogP contribution in [0.2, 0.25) is 5.02 Å². The van der Waals surface area contributed by atoms with Crippen LogP contribution in [0.4, 0.5) is 0 Å². The maximum absolute atomic E-state index is 6.26. The number of nitrogens with zero attached hydrogens (tertiary/aromatic N) is 1. The number of rotatable bonds is 5. The minimum absolute atomic E-state index is 0.0194. The summed E-state index contributed by atoms with van der Waals surface area (Å²) in [7, 11) is 0. The minimum atomic E-state index is 0.0194. The predicted octanol–water partition coefficient (Wildman–Crippen LogP) is 4.52. The lowest BCUT2D eigenvalue weighted by Crippen LogP contribution is -2.25. The molecule has 1 aromatic heterocycles. The summed E-state index contributed by atoms with van der Waals surface area (Å²) >= 11 is 7.64. The number of benzene rings is 1. The van der Waals surface area contributed by atoms with E-state index in [9.17, 15) is 0 Å². The molecule has 0 aliphatic carbocycles. The fourth-order valence-electron chi connectivity index (χ4n) is 1.90. The molecule has 0 spiro atoms. The standard InChI is InChI=1S/C15H19ClN2OS/c1-4-13(17)14(11-6-5-7-12(16)8-11)20-15-18-9(2)10(3)19-15/h5-8,13-14H,4,17H2,1-3H3. The van der Waals surface area contributed by atoms with Gasteiger partial charge < -0.3 is 10.2 Å². The van der Waals surface area contributed by atoms with Crippen LogP contribution in [0.1, 0.15) is 35.6 Å². The molecule has 2 unspecified atom stereocenters. The Labute approximate surface area is 128 Å². The lowest BCUT2D eigenvalue weighted by molar-refractivity contribution is 0.429. The van der Waals surface area contributed by atoms with E-state index in [0.717, 1.165) is 28.5 Å². The summed E-state index contributed by atoms with van der Waals surface area (Å²) in [6.07, 6.45) is 0.878. The molecule has 0 aliphatic rings. The number of aromatic nitrogens is 1. The normalized spacial score (nSPS) is 14.2. The van der Waals surface area contributed by atoms with E-state index in [4.69, 9.17) is 21.8 Å². The Morgan fingerprint density at radius 1 is 1.40 bits per heavy atom. The lowest BCUT2D eigenvalue weighted by Gasteiger charge is -2.21. The Kier molecular flexibility index (Phi) is 5.13. The van der Waals surface area contributed by atoms with Crippen LogP contribution in [0.25, 0.3) is 0 Å². The maximum atomic E-state index is 6.26. The molecule has 2 atom stereocenters. The number of halogens is 1. The fraction of sp³-hybridized carbons (Fsp3) is 0.400. The van der Waals surface area contributed by atoms with E-state index >= 15 is 0 Å². The Bertz CT molecular complexity index is 566. The van der Waals surface area contributed by atoms with Crippen molar-refractivity contribution in [2.75, 3.05) is 0 Å². The number of hydrogen-bond acceptors (Lipinski definition) is 4. The maximum Gasteiger partial charge on any atom is 0.256 e. The monoisotopic (exact) mass is 310 g/mol. The van der Waals surface area contributed by atoms with Crippen molar-refractivity contribution in [1.82, 2.24) is 4.98 Å². The van der Waals surface area contributed by atoms with Gasteiger partial charge in [-0.15, -0.1) is 0 Å². The highest BCUT2D eigenvalue weighted by molar-refractivity contribution is 7.99. The average Bonchev–Trinajstić information content (AvgIpc) is 2.74. The predicted molar refractivity (Wildman–Crippen MR) is 84.3 cm³/mol. The van der Waals surface area contributed by atoms with Gasteiger partial charge in [-0.1, -0.05) is 42.4 Å². The van der Waals surface area contributed by atoms with Gasteiger partial charge in [-0.05, 0) is 38.0 Å². The third-order valence-electron chi connectivity index (χ3n) is 3.27. The zero-order valence-electron chi connectivity index (χ0n) is 11.9. The molecule has 0 radical (unpaired) electrons. The number of nitrogens with two attached hydrogens (primary N) is 1. The van der Waals surface area contributed by atoms with Crippen molar-refractivity contribution in [2.24, 2.45) is 5.73 Å². The molecule has 0 bridgehead atoms. The molecular weight excluding hydrogens is 292 g/mol. The average molecular weight is 311 g/mol. The molecule has 2 rings (SSSR count). The van der Waals surface area contributed by atoms with Gasteiger partial charge in [-0.25, -0.2) is 4.98 Å². The first-order valence-electron chi connectivity index (χ1n) is 6.63. The second-order valence-electron chi connectivity index (χ2n) is 4.79. The van der Waals surface area contributed by atoms with Gasteiger partial charge >= 0.3 is 0 Å². The molecule has 3 nitrogen and oxygen atoms in total. The molecule has 1 aromatic carbocycles. The van der Waals surface area contributed by atoms with Crippen LogP contribution in [0.5, 0.6) is 0 Å². The molecule has 0 saturated carbocycles. The summed E-state index contributed by atoms with van der Waals surface area (Å²) in [4.78, 5) is 4.42. The minimum Gasteiger partial charge on any atom is -0.437 e. The summed E-state index contributed by atoms with van der Waals surface area (Å²) < 4.78 is 5.65. The Morgan fingerprint density at radius 2 is 2.15 bits per heavy atom. The summed E-state index contributed by atoms with van der Waals surface area (Å²) in [6.45, 7) is 5.94. The van der Waals surface area contributed by atoms with Crippen molar-refractivity contribution >= 4 is 23.4 Å². The molecule has 2 aromatic rings. The molecule has 0 amide bonds. The van der Waals surface area contributed by atoms with Crippen LogP contribution >= 0.6 is 23.4 Å². The second-order valence-corrected chi connectivity index (χ2v) is 6.32. The van der Waals surface area contributed by atoms with E-state index in [1.54, 1.807) is 11.8 Å². The van der Waals surface area contributed by atoms with E-state index in [1.807, 2.05) is 38.1 Å². The van der Waals surface area contributed by atoms with Gasteiger partial charge in [0, 0.05) is 11.1 Å². The van der Waals surface area contributed by atoms with Crippen LogP contribution in [-0.4, -0.2) is 11.0 Å². The van der Waals surface area contributed by atoms with Crippen molar-refractivity contribution in [3.8, 4) is 0 Å². The highest BCUT2D eigenvalue weighted by Crippen LogP contribution is 2.38. The third-order valence-corrected chi connectivity index (χ3v) is 4.76. The highest BCUT2D eigenvalue weighted by atomic mass is 35.5. The summed E-state index contributed by atoms with van der Waals surface area (Å²) in [5, 5.41) is 1.46. The number of thioether (sulfide) groups is 1. The number of aryl methyl sites for hydroxylation is 2. The first-order chi connectivity index (χ1) is 9.51. The molecule has 20 heavy (non-hydrogen) atoms. The lowest BCUT2D eigenvalue weighted by atomic mass is 10.0. The van der Waals surface area contributed by atoms with Gasteiger partial charge in [0.25, 0.3) is 5.22 Å². The first-order valence-corrected chi connectivity index (χ1v) is 7.88. The zero-order valence-corrected chi connectivity index (χ0v) is 13.5. The first kappa shape index (κ1) is 15.4. The number of oxazole rings is 1.